The molecule has 2 N–H and O–H groups in total. The molecule has 19 heavy (non-hydrogen) atoms. The van der Waals surface area contributed by atoms with Gasteiger partial charge in [0.1, 0.15) is 10.7 Å². The van der Waals surface area contributed by atoms with Gasteiger partial charge in [-0.15, -0.1) is 0 Å². The number of benzene rings is 1. The van der Waals surface area contributed by atoms with E-state index >= 15 is 0 Å². The summed E-state index contributed by atoms with van der Waals surface area (Å²) in [5.41, 5.74) is 5.96. The summed E-state index contributed by atoms with van der Waals surface area (Å²) in [6.07, 6.45) is 0.499. The van der Waals surface area contributed by atoms with Gasteiger partial charge in [-0.1, -0.05) is 6.07 Å². The Bertz CT molecular complexity index is 562. The fraction of sp³-hybridized carbons (Fsp3) is 0.500. The third-order valence-corrected chi connectivity index (χ3v) is 5.19. The van der Waals surface area contributed by atoms with Gasteiger partial charge in [0, 0.05) is 26.7 Å². The summed E-state index contributed by atoms with van der Waals surface area (Å²) in [6.45, 7) is 0.780. The number of methoxy groups -OCH3 is 1. The summed E-state index contributed by atoms with van der Waals surface area (Å²) < 4.78 is 44.9. The van der Waals surface area contributed by atoms with E-state index in [0.29, 0.717) is 18.5 Å². The Morgan fingerprint density at radius 2 is 2.26 bits per heavy atom. The highest BCUT2D eigenvalue weighted by Gasteiger charge is 2.34. The molecule has 1 aliphatic rings. The van der Waals surface area contributed by atoms with Gasteiger partial charge in [-0.2, -0.15) is 4.31 Å². The van der Waals surface area contributed by atoms with E-state index in [0.717, 1.165) is 6.07 Å². The van der Waals surface area contributed by atoms with Gasteiger partial charge in [0.25, 0.3) is 0 Å². The normalized spacial score (nSPS) is 20.9. The first-order chi connectivity index (χ1) is 8.98. The van der Waals surface area contributed by atoms with E-state index in [1.807, 2.05) is 0 Å². The van der Waals surface area contributed by atoms with Crippen LogP contribution in [0.5, 0.6) is 0 Å². The standard InChI is InChI=1S/C12H17FN2O3S/c1-18-10-4-5-15(8-10)19(16,17)12-3-2-9(7-14)6-11(12)13/h2-3,6,10H,4-5,7-8,14H2,1H3. The van der Waals surface area contributed by atoms with Crippen LogP contribution in [-0.2, 0) is 21.3 Å². The minimum atomic E-state index is -3.80. The van der Waals surface area contributed by atoms with Crippen molar-refractivity contribution < 1.29 is 17.5 Å². The molecule has 1 atom stereocenters. The molecule has 1 fully saturated rings. The minimum absolute atomic E-state index is 0.124. The predicted octanol–water partition coefficient (Wildman–Crippen LogP) is 0.694. The van der Waals surface area contributed by atoms with Crippen molar-refractivity contribution in [2.75, 3.05) is 20.2 Å². The highest BCUT2D eigenvalue weighted by atomic mass is 32.2. The molecule has 2 rings (SSSR count). The highest BCUT2D eigenvalue weighted by molar-refractivity contribution is 7.89. The lowest BCUT2D eigenvalue weighted by Crippen LogP contribution is -2.30. The molecule has 1 aliphatic heterocycles. The Morgan fingerprint density at radius 1 is 1.53 bits per heavy atom. The maximum atomic E-state index is 13.9. The van der Waals surface area contributed by atoms with Crippen molar-refractivity contribution in [3.05, 3.63) is 29.6 Å². The SMILES string of the molecule is COC1CCN(S(=O)(=O)c2ccc(CN)cc2F)C1. The van der Waals surface area contributed by atoms with E-state index in [4.69, 9.17) is 10.5 Å². The molecule has 0 bridgehead atoms. The first-order valence-electron chi connectivity index (χ1n) is 6.00. The summed E-state index contributed by atoms with van der Waals surface area (Å²) in [5.74, 6) is -0.760. The maximum Gasteiger partial charge on any atom is 0.246 e. The number of halogens is 1. The van der Waals surface area contributed by atoms with Gasteiger partial charge in [0.05, 0.1) is 6.10 Å². The summed E-state index contributed by atoms with van der Waals surface area (Å²) in [4.78, 5) is -0.304. The molecule has 1 heterocycles. The second-order valence-corrected chi connectivity index (χ2v) is 6.38. The molecular weight excluding hydrogens is 271 g/mol. The Balaban J connectivity index is 2.30. The molecule has 1 aromatic rings. The highest BCUT2D eigenvalue weighted by Crippen LogP contribution is 2.24. The minimum Gasteiger partial charge on any atom is -0.380 e. The molecule has 0 spiro atoms. The molecule has 0 aromatic heterocycles. The lowest BCUT2D eigenvalue weighted by molar-refractivity contribution is 0.115. The van der Waals surface area contributed by atoms with Crippen LogP contribution >= 0.6 is 0 Å². The van der Waals surface area contributed by atoms with Crippen LogP contribution in [0.25, 0.3) is 0 Å². The Hall–Kier alpha value is -1.02. The lowest BCUT2D eigenvalue weighted by Gasteiger charge is -2.17. The predicted molar refractivity (Wildman–Crippen MR) is 68.5 cm³/mol. The molecule has 5 nitrogen and oxygen atoms in total. The van der Waals surface area contributed by atoms with Gasteiger partial charge in [-0.05, 0) is 24.1 Å². The van der Waals surface area contributed by atoms with Gasteiger partial charge < -0.3 is 10.5 Å². The van der Waals surface area contributed by atoms with E-state index in [1.54, 1.807) is 0 Å². The van der Waals surface area contributed by atoms with Crippen LogP contribution in [0.4, 0.5) is 4.39 Å². The van der Waals surface area contributed by atoms with Crippen molar-refractivity contribution in [2.24, 2.45) is 5.73 Å². The second-order valence-electron chi connectivity index (χ2n) is 4.48. The number of nitrogens with two attached hydrogens (primary N) is 1. The third kappa shape index (κ3) is 2.79. The quantitative estimate of drug-likeness (QED) is 0.885. The molecule has 1 unspecified atom stereocenters. The summed E-state index contributed by atoms with van der Waals surface area (Å²) in [5, 5.41) is 0. The molecule has 7 heteroatoms. The van der Waals surface area contributed by atoms with Crippen LogP contribution in [0.3, 0.4) is 0 Å². The maximum absolute atomic E-state index is 13.9. The molecule has 106 valence electrons. The van der Waals surface area contributed by atoms with Gasteiger partial charge in [-0.25, -0.2) is 12.8 Å². The average molecular weight is 288 g/mol. The van der Waals surface area contributed by atoms with E-state index in [1.165, 1.54) is 23.5 Å². The first-order valence-corrected chi connectivity index (χ1v) is 7.44. The zero-order valence-electron chi connectivity index (χ0n) is 10.7. The lowest BCUT2D eigenvalue weighted by atomic mass is 10.2. The van der Waals surface area contributed by atoms with E-state index in [2.05, 4.69) is 0 Å². The van der Waals surface area contributed by atoms with Crippen molar-refractivity contribution in [1.82, 2.24) is 4.31 Å². The Kier molecular flexibility index (Phi) is 4.19. The third-order valence-electron chi connectivity index (χ3n) is 3.29. The number of hydrogen-bond donors (Lipinski definition) is 1. The molecule has 0 saturated carbocycles. The largest absolute Gasteiger partial charge is 0.380 e. The molecule has 0 radical (unpaired) electrons. The summed E-state index contributed by atoms with van der Waals surface area (Å²) in [6, 6.07) is 3.96. The van der Waals surface area contributed by atoms with Crippen molar-refractivity contribution >= 4 is 10.0 Å². The smallest absolute Gasteiger partial charge is 0.246 e. The first kappa shape index (κ1) is 14.4. The molecule has 1 aromatic carbocycles. The van der Waals surface area contributed by atoms with Crippen molar-refractivity contribution in [3.8, 4) is 0 Å². The Labute approximate surface area is 112 Å². The van der Waals surface area contributed by atoms with Gasteiger partial charge in [-0.3, -0.25) is 0 Å². The summed E-state index contributed by atoms with van der Waals surface area (Å²) in [7, 11) is -2.26. The molecule has 0 aliphatic carbocycles. The van der Waals surface area contributed by atoms with Crippen molar-refractivity contribution in [1.29, 1.82) is 0 Å². The number of sulfonamides is 1. The number of nitrogens with zero attached hydrogens (tertiary/aromatic N) is 1. The molecule has 0 amide bonds. The fourth-order valence-corrected chi connectivity index (χ4v) is 3.66. The monoisotopic (exact) mass is 288 g/mol. The Morgan fingerprint density at radius 3 is 2.79 bits per heavy atom. The van der Waals surface area contributed by atoms with E-state index < -0.39 is 15.8 Å². The fourth-order valence-electron chi connectivity index (χ4n) is 2.13. The van der Waals surface area contributed by atoms with Crippen LogP contribution < -0.4 is 5.73 Å². The number of rotatable bonds is 4. The van der Waals surface area contributed by atoms with Gasteiger partial charge >= 0.3 is 0 Å². The van der Waals surface area contributed by atoms with Crippen molar-refractivity contribution in [3.63, 3.8) is 0 Å². The number of hydrogen-bond acceptors (Lipinski definition) is 4. The zero-order valence-corrected chi connectivity index (χ0v) is 11.5. The summed E-state index contributed by atoms with van der Waals surface area (Å²) >= 11 is 0. The van der Waals surface area contributed by atoms with Gasteiger partial charge in [0.15, 0.2) is 0 Å². The van der Waals surface area contributed by atoms with Crippen LogP contribution in [0.1, 0.15) is 12.0 Å². The van der Waals surface area contributed by atoms with Crippen LogP contribution in [0, 0.1) is 5.82 Å². The van der Waals surface area contributed by atoms with E-state index in [-0.39, 0.29) is 24.1 Å². The second kappa shape index (κ2) is 5.54. The number of ether oxygens (including phenoxy) is 1. The molecule has 1 saturated heterocycles. The topological polar surface area (TPSA) is 72.6 Å². The average Bonchev–Trinajstić information content (AvgIpc) is 2.87. The van der Waals surface area contributed by atoms with Crippen molar-refractivity contribution in [2.45, 2.75) is 24.0 Å². The van der Waals surface area contributed by atoms with E-state index in [9.17, 15) is 12.8 Å². The van der Waals surface area contributed by atoms with Crippen LogP contribution in [0.2, 0.25) is 0 Å². The molecular formula is C12H17FN2O3S. The van der Waals surface area contributed by atoms with Crippen LogP contribution in [0.15, 0.2) is 23.1 Å². The van der Waals surface area contributed by atoms with Gasteiger partial charge in [0.2, 0.25) is 10.0 Å². The van der Waals surface area contributed by atoms with Crippen LogP contribution in [-0.4, -0.2) is 39.0 Å². The zero-order chi connectivity index (χ0) is 14.0.